The fourth-order valence-electron chi connectivity index (χ4n) is 7.66. The summed E-state index contributed by atoms with van der Waals surface area (Å²) in [5.74, 6) is -2.24. The number of amides is 2. The van der Waals surface area contributed by atoms with Crippen molar-refractivity contribution in [2.24, 2.45) is 0 Å². The van der Waals surface area contributed by atoms with Gasteiger partial charge in [-0.3, -0.25) is 19.2 Å². The van der Waals surface area contributed by atoms with Crippen LogP contribution < -0.4 is 42.8 Å². The smallest absolute Gasteiger partial charge is 0.336 e. The molecule has 2 aliphatic heterocycles. The SMILES string of the molecule is CC.CC(=O)NCCNC(=S)Nc1ccc(-c2c3ccc(=O)cc-3oc3cc(O)ccc23)c(C(=O)O)c1.COCC(=O)NCCNC(=S)Nc1ccc(-c2c3ccc(=O)cc-3oc3cc(O)ccc23)c(C(=O)O)c1. The van der Waals surface area contributed by atoms with E-state index in [1.807, 2.05) is 13.8 Å². The van der Waals surface area contributed by atoms with Gasteiger partial charge in [0.15, 0.2) is 21.1 Å². The number of carbonyl (C=O) groups excluding carboxylic acids is 2. The number of phenols is 2. The molecule has 10 N–H and O–H groups in total. The van der Waals surface area contributed by atoms with Crippen molar-refractivity contribution in [3.05, 3.63) is 141 Å². The highest BCUT2D eigenvalue weighted by molar-refractivity contribution is 7.80. The Bertz CT molecular complexity index is 3490. The van der Waals surface area contributed by atoms with E-state index < -0.39 is 11.9 Å². The van der Waals surface area contributed by atoms with Gasteiger partial charge in [-0.15, -0.1) is 0 Å². The third-order valence-corrected chi connectivity index (χ3v) is 11.2. The van der Waals surface area contributed by atoms with Crippen molar-refractivity contribution in [3.8, 4) is 56.4 Å². The van der Waals surface area contributed by atoms with Crippen molar-refractivity contribution in [2.75, 3.05) is 50.5 Å². The Morgan fingerprint density at radius 2 is 0.946 bits per heavy atom. The van der Waals surface area contributed by atoms with Crippen LogP contribution in [0.15, 0.2) is 128 Å². The Kier molecular flexibility index (Phi) is 18.4. The second-order valence-electron chi connectivity index (χ2n) is 15.8. The fourth-order valence-corrected chi connectivity index (χ4v) is 8.10. The molecule has 0 fully saturated rings. The van der Waals surface area contributed by atoms with E-state index in [0.717, 1.165) is 0 Å². The Hall–Kier alpha value is -8.92. The summed E-state index contributed by atoms with van der Waals surface area (Å²) in [6.45, 7) is 6.84. The Morgan fingerprint density at radius 1 is 0.541 bits per heavy atom. The second kappa shape index (κ2) is 25.0. The van der Waals surface area contributed by atoms with Crippen molar-refractivity contribution in [3.63, 3.8) is 0 Å². The number of fused-ring (bicyclic) bond motifs is 4. The van der Waals surface area contributed by atoms with E-state index >= 15 is 0 Å². The Balaban J connectivity index is 0.000000234. The normalized spacial score (nSPS) is 10.6. The number of anilines is 2. The van der Waals surface area contributed by atoms with Crippen molar-refractivity contribution in [1.29, 1.82) is 0 Å². The number of benzene rings is 6. The molecule has 4 aromatic carbocycles. The molecule has 0 saturated heterocycles. The number of nitrogens with one attached hydrogen (secondary N) is 6. The molecule has 74 heavy (non-hydrogen) atoms. The third-order valence-electron chi connectivity index (χ3n) is 10.7. The number of rotatable bonds is 14. The number of hydrogen-bond acceptors (Lipinski definition) is 13. The first-order valence-electron chi connectivity index (χ1n) is 22.7. The molecule has 0 saturated carbocycles. The summed E-state index contributed by atoms with van der Waals surface area (Å²) in [6, 6.07) is 27.2. The molecular weight excluding hydrogens is 993 g/mol. The predicted molar refractivity (Wildman–Crippen MR) is 290 cm³/mol. The molecule has 2 aliphatic carbocycles. The molecule has 0 aromatic heterocycles. The molecule has 0 spiro atoms. The van der Waals surface area contributed by atoms with Gasteiger partial charge in [-0.05, 0) is 108 Å². The van der Waals surface area contributed by atoms with E-state index in [4.69, 9.17) is 38.0 Å². The highest BCUT2D eigenvalue weighted by Crippen LogP contribution is 2.44. The van der Waals surface area contributed by atoms with Crippen LogP contribution in [-0.4, -0.2) is 94.3 Å². The Morgan fingerprint density at radius 3 is 1.35 bits per heavy atom. The molecule has 0 unspecified atom stereocenters. The molecule has 0 bridgehead atoms. The van der Waals surface area contributed by atoms with Gasteiger partial charge in [-0.25, -0.2) is 9.59 Å². The molecule has 382 valence electrons. The van der Waals surface area contributed by atoms with Gasteiger partial charge >= 0.3 is 11.9 Å². The van der Waals surface area contributed by atoms with Crippen LogP contribution in [-0.2, 0) is 14.3 Å². The molecule has 19 nitrogen and oxygen atoms in total. The average Bonchev–Trinajstić information content (AvgIpc) is 3.36. The number of ether oxygens (including phenoxy) is 1. The highest BCUT2D eigenvalue weighted by Gasteiger charge is 2.24. The van der Waals surface area contributed by atoms with Crippen LogP contribution in [0, 0.1) is 0 Å². The summed E-state index contributed by atoms with van der Waals surface area (Å²) in [5.41, 5.74) is 3.99. The topological polar surface area (TPSA) is 291 Å². The van der Waals surface area contributed by atoms with Crippen molar-refractivity contribution < 1.29 is 53.2 Å². The predicted octanol–water partition coefficient (Wildman–Crippen LogP) is 7.43. The minimum Gasteiger partial charge on any atom is -0.508 e. The fraction of sp³-hybridized carbons (Fsp3) is 0.170. The van der Waals surface area contributed by atoms with Crippen LogP contribution in [0.4, 0.5) is 11.4 Å². The molecule has 0 radical (unpaired) electrons. The first-order chi connectivity index (χ1) is 35.5. The van der Waals surface area contributed by atoms with Gasteiger partial charge in [0, 0.05) is 109 Å². The molecule has 4 aliphatic rings. The number of aromatic hydroxyl groups is 2. The lowest BCUT2D eigenvalue weighted by molar-refractivity contribution is -0.124. The van der Waals surface area contributed by atoms with E-state index in [1.54, 1.807) is 48.5 Å². The van der Waals surface area contributed by atoms with E-state index in [2.05, 4.69) is 31.9 Å². The van der Waals surface area contributed by atoms with Gasteiger partial charge in [0.1, 0.15) is 40.8 Å². The van der Waals surface area contributed by atoms with Crippen LogP contribution in [0.2, 0.25) is 0 Å². The molecule has 2 amide bonds. The summed E-state index contributed by atoms with van der Waals surface area (Å²) < 4.78 is 16.4. The average molecular weight is 1040 g/mol. The van der Waals surface area contributed by atoms with Gasteiger partial charge in [0.05, 0.1) is 11.1 Å². The molecule has 4 aromatic rings. The van der Waals surface area contributed by atoms with E-state index in [1.165, 1.54) is 74.7 Å². The summed E-state index contributed by atoms with van der Waals surface area (Å²) in [7, 11) is 1.43. The number of aromatic carboxylic acids is 2. The van der Waals surface area contributed by atoms with Gasteiger partial charge < -0.3 is 65.9 Å². The zero-order valence-corrected chi connectivity index (χ0v) is 41.8. The van der Waals surface area contributed by atoms with E-state index in [9.17, 15) is 49.2 Å². The standard InChI is InChI=1S/C26H23N3O7S.C25H21N3O6S.C2H6/c1-35-13-23(32)27-8-9-28-26(37)29-14-2-5-17(20(10-14)25(33)34)24-18-6-3-15(30)11-21(18)36-22-12-16(31)4-7-19(22)24;1-13(29)26-8-9-27-25(35)28-14-2-5-17(20(10-14)24(32)33)23-18-6-3-15(30)11-21(18)34-22-12-16(31)4-7-19(22)23;1-2/h2-7,10-12,30H,8-9,13H2,1H3,(H,27,32)(H,33,34)(H2,28,29,37);2-7,10-12,30H,8-9H2,1H3,(H,26,29)(H,32,33)(H2,27,28,35);1-2H3. The van der Waals surface area contributed by atoms with E-state index in [0.29, 0.717) is 92.9 Å². The zero-order chi connectivity index (χ0) is 53.6. The number of carboxylic acids is 2. The lowest BCUT2D eigenvalue weighted by atomic mass is 9.90. The maximum Gasteiger partial charge on any atom is 0.336 e. The highest BCUT2D eigenvalue weighted by atomic mass is 32.1. The third kappa shape index (κ3) is 13.5. The monoisotopic (exact) mass is 1040 g/mol. The van der Waals surface area contributed by atoms with Gasteiger partial charge in [0.25, 0.3) is 0 Å². The van der Waals surface area contributed by atoms with Crippen molar-refractivity contribution in [2.45, 2.75) is 20.8 Å². The van der Waals surface area contributed by atoms with Gasteiger partial charge in [-0.1, -0.05) is 26.0 Å². The number of carbonyl (C=O) groups is 4. The lowest BCUT2D eigenvalue weighted by Crippen LogP contribution is -2.37. The lowest BCUT2D eigenvalue weighted by Gasteiger charge is -2.18. The van der Waals surface area contributed by atoms with Crippen molar-refractivity contribution >= 4 is 91.7 Å². The zero-order valence-electron chi connectivity index (χ0n) is 40.2. The van der Waals surface area contributed by atoms with E-state index in [-0.39, 0.29) is 73.7 Å². The second-order valence-corrected chi connectivity index (χ2v) is 16.6. The number of carboxylic acid groups (broad SMARTS) is 2. The minimum atomic E-state index is -1.17. The number of hydrogen-bond donors (Lipinski definition) is 10. The van der Waals surface area contributed by atoms with Crippen LogP contribution in [0.5, 0.6) is 11.5 Å². The first-order valence-corrected chi connectivity index (χ1v) is 23.6. The molecule has 21 heteroatoms. The van der Waals surface area contributed by atoms with Gasteiger partial charge in [-0.2, -0.15) is 0 Å². The quantitative estimate of drug-likeness (QED) is 0.0288. The number of thiocarbonyl (C=S) groups is 2. The largest absolute Gasteiger partial charge is 0.508 e. The van der Waals surface area contributed by atoms with Crippen LogP contribution in [0.1, 0.15) is 41.5 Å². The number of methoxy groups -OCH3 is 1. The molecule has 2 heterocycles. The maximum absolute atomic E-state index is 12.3. The summed E-state index contributed by atoms with van der Waals surface area (Å²) >= 11 is 10.5. The summed E-state index contributed by atoms with van der Waals surface area (Å²) in [5, 5.41) is 58.6. The first kappa shape index (κ1) is 54.4. The van der Waals surface area contributed by atoms with Gasteiger partial charge in [0.2, 0.25) is 11.8 Å². The summed E-state index contributed by atoms with van der Waals surface area (Å²) in [6.07, 6.45) is 0. The van der Waals surface area contributed by atoms with Crippen LogP contribution >= 0.6 is 24.4 Å². The van der Waals surface area contributed by atoms with Crippen LogP contribution in [0.3, 0.4) is 0 Å². The maximum atomic E-state index is 12.3. The number of phenolic OH excluding ortho intramolecular Hbond substituents is 2. The Labute approximate surface area is 432 Å². The minimum absolute atomic E-state index is 0.00382. The summed E-state index contributed by atoms with van der Waals surface area (Å²) in [4.78, 5) is 70.8. The molecule has 8 rings (SSSR count). The van der Waals surface area contributed by atoms with Crippen LogP contribution in [0.25, 0.3) is 66.8 Å². The van der Waals surface area contributed by atoms with Crippen molar-refractivity contribution in [1.82, 2.24) is 21.3 Å². The molecular formula is C53H50N6O13S2. The molecule has 0 atom stereocenters.